The smallest absolute Gasteiger partial charge is 0.0277 e. The van der Waals surface area contributed by atoms with Gasteiger partial charge in [0.25, 0.3) is 0 Å². The minimum absolute atomic E-state index is 1.75. The maximum absolute atomic E-state index is 3.76. The summed E-state index contributed by atoms with van der Waals surface area (Å²) >= 11 is 0. The van der Waals surface area contributed by atoms with Crippen LogP contribution in [0.1, 0.15) is 6.92 Å². The summed E-state index contributed by atoms with van der Waals surface area (Å²) in [6.07, 6.45) is 9.51. The summed E-state index contributed by atoms with van der Waals surface area (Å²) < 4.78 is 0. The van der Waals surface area contributed by atoms with Gasteiger partial charge in [-0.1, -0.05) is 18.2 Å². The molecule has 1 heteroatoms. The second-order valence-electron chi connectivity index (χ2n) is 1.32. The van der Waals surface area contributed by atoms with E-state index in [1.165, 1.54) is 0 Å². The normalized spacial score (nSPS) is 12.8. The van der Waals surface area contributed by atoms with Crippen molar-refractivity contribution >= 4 is 6.21 Å². The summed E-state index contributed by atoms with van der Waals surface area (Å²) in [6, 6.07) is 0. The first kappa shape index (κ1) is 7.15. The van der Waals surface area contributed by atoms with E-state index in [0.717, 1.165) is 0 Å². The van der Waals surface area contributed by atoms with Gasteiger partial charge in [-0.2, -0.15) is 0 Å². The van der Waals surface area contributed by atoms with Crippen molar-refractivity contribution in [2.75, 3.05) is 7.05 Å². The lowest BCUT2D eigenvalue weighted by molar-refractivity contribution is 1.48. The van der Waals surface area contributed by atoms with Crippen molar-refractivity contribution in [3.05, 3.63) is 24.3 Å². The van der Waals surface area contributed by atoms with Crippen LogP contribution in [0.15, 0.2) is 29.3 Å². The summed E-state index contributed by atoms with van der Waals surface area (Å²) in [5, 5.41) is 0. The molecule has 0 amide bonds. The molecular formula is C7H11N. The molecule has 0 radical (unpaired) electrons. The van der Waals surface area contributed by atoms with E-state index in [0.29, 0.717) is 0 Å². The first-order valence-electron chi connectivity index (χ1n) is 2.62. The zero-order chi connectivity index (χ0) is 6.24. The van der Waals surface area contributed by atoms with Gasteiger partial charge in [-0.15, -0.1) is 0 Å². The number of hydrogen-bond acceptors (Lipinski definition) is 1. The molecule has 0 aliphatic heterocycles. The Labute approximate surface area is 50.4 Å². The van der Waals surface area contributed by atoms with Crippen molar-refractivity contribution in [2.24, 2.45) is 4.99 Å². The van der Waals surface area contributed by atoms with Crippen LogP contribution in [0.25, 0.3) is 0 Å². The molecular weight excluding hydrogens is 98.1 g/mol. The molecule has 0 saturated carbocycles. The Balaban J connectivity index is 3.35. The molecule has 0 rings (SSSR count). The molecule has 0 aromatic rings. The van der Waals surface area contributed by atoms with Crippen LogP contribution in [0.3, 0.4) is 0 Å². The average Bonchev–Trinajstić information content (AvgIpc) is 1.81. The summed E-state index contributed by atoms with van der Waals surface area (Å²) in [5.74, 6) is 0. The van der Waals surface area contributed by atoms with E-state index in [9.17, 15) is 0 Å². The van der Waals surface area contributed by atoms with Gasteiger partial charge in [0.1, 0.15) is 0 Å². The van der Waals surface area contributed by atoms with Crippen molar-refractivity contribution < 1.29 is 0 Å². The topological polar surface area (TPSA) is 12.4 Å². The van der Waals surface area contributed by atoms with E-state index in [-0.39, 0.29) is 0 Å². The number of allylic oxidation sites excluding steroid dienone is 4. The predicted molar refractivity (Wildman–Crippen MR) is 38.4 cm³/mol. The molecule has 0 heterocycles. The van der Waals surface area contributed by atoms with Crippen LogP contribution in [0.5, 0.6) is 0 Å². The summed E-state index contributed by atoms with van der Waals surface area (Å²) in [6.45, 7) is 1.98. The molecule has 0 bridgehead atoms. The number of nitrogens with zero attached hydrogens (tertiary/aromatic N) is 1. The van der Waals surface area contributed by atoms with Crippen LogP contribution in [-0.4, -0.2) is 13.3 Å². The fraction of sp³-hybridized carbons (Fsp3) is 0.286. The van der Waals surface area contributed by atoms with E-state index < -0.39 is 0 Å². The van der Waals surface area contributed by atoms with Gasteiger partial charge in [-0.05, 0) is 13.0 Å². The molecule has 0 fully saturated rings. The van der Waals surface area contributed by atoms with Crippen molar-refractivity contribution in [3.63, 3.8) is 0 Å². The molecule has 0 N–H and O–H groups in total. The first-order chi connectivity index (χ1) is 3.91. The van der Waals surface area contributed by atoms with Crippen molar-refractivity contribution in [1.82, 2.24) is 0 Å². The maximum atomic E-state index is 3.76. The Morgan fingerprint density at radius 3 is 2.38 bits per heavy atom. The highest BCUT2D eigenvalue weighted by Crippen LogP contribution is 1.71. The van der Waals surface area contributed by atoms with Crippen LogP contribution >= 0.6 is 0 Å². The zero-order valence-electron chi connectivity index (χ0n) is 5.33. The number of aliphatic imine (C=N–C) groups is 1. The van der Waals surface area contributed by atoms with Gasteiger partial charge in [0, 0.05) is 13.3 Å². The lowest BCUT2D eigenvalue weighted by Crippen LogP contribution is -1.58. The Morgan fingerprint density at radius 1 is 1.12 bits per heavy atom. The van der Waals surface area contributed by atoms with E-state index in [2.05, 4.69) is 4.99 Å². The number of rotatable bonds is 2. The van der Waals surface area contributed by atoms with Gasteiger partial charge in [-0.3, -0.25) is 4.99 Å². The van der Waals surface area contributed by atoms with Gasteiger partial charge < -0.3 is 0 Å². The number of hydrogen-bond donors (Lipinski definition) is 0. The van der Waals surface area contributed by atoms with E-state index in [1.54, 1.807) is 13.3 Å². The van der Waals surface area contributed by atoms with Crippen LogP contribution in [0, 0.1) is 0 Å². The summed E-state index contributed by atoms with van der Waals surface area (Å²) in [5.41, 5.74) is 0. The Morgan fingerprint density at radius 2 is 1.88 bits per heavy atom. The fourth-order valence-corrected chi connectivity index (χ4v) is 0.311. The van der Waals surface area contributed by atoms with Crippen LogP contribution in [-0.2, 0) is 0 Å². The second kappa shape index (κ2) is 6.15. The third kappa shape index (κ3) is 5.15. The third-order valence-corrected chi connectivity index (χ3v) is 0.650. The third-order valence-electron chi connectivity index (χ3n) is 0.650. The van der Waals surface area contributed by atoms with Crippen LogP contribution in [0.2, 0.25) is 0 Å². The quantitative estimate of drug-likeness (QED) is 0.379. The van der Waals surface area contributed by atoms with Crippen LogP contribution < -0.4 is 0 Å². The minimum atomic E-state index is 1.75. The highest BCUT2D eigenvalue weighted by atomic mass is 14.6. The van der Waals surface area contributed by atoms with E-state index in [1.807, 2.05) is 31.2 Å². The average molecular weight is 109 g/mol. The Bertz CT molecular complexity index is 95.6. The lowest BCUT2D eigenvalue weighted by Gasteiger charge is -1.68. The molecule has 0 aliphatic rings. The van der Waals surface area contributed by atoms with Gasteiger partial charge in [-0.25, -0.2) is 0 Å². The molecule has 1 nitrogen and oxygen atoms in total. The minimum Gasteiger partial charge on any atom is -0.297 e. The summed E-state index contributed by atoms with van der Waals surface area (Å²) in [7, 11) is 1.75. The fourth-order valence-electron chi connectivity index (χ4n) is 0.311. The summed E-state index contributed by atoms with van der Waals surface area (Å²) in [4.78, 5) is 3.76. The van der Waals surface area contributed by atoms with E-state index in [4.69, 9.17) is 0 Å². The lowest BCUT2D eigenvalue weighted by atomic mass is 10.4. The maximum Gasteiger partial charge on any atom is 0.0277 e. The highest BCUT2D eigenvalue weighted by molar-refractivity contribution is 5.71. The predicted octanol–water partition coefficient (Wildman–Crippen LogP) is 1.82. The molecule has 0 aromatic carbocycles. The molecule has 0 atom stereocenters. The van der Waals surface area contributed by atoms with Gasteiger partial charge in [0.15, 0.2) is 0 Å². The van der Waals surface area contributed by atoms with E-state index >= 15 is 0 Å². The van der Waals surface area contributed by atoms with Gasteiger partial charge in [0.2, 0.25) is 0 Å². The standard InChI is InChI=1S/C7H11N/c1-3-4-5-6-7-8-2/h3-7H,1-2H3/b4-3-,6-5-,8-7?. The SMILES string of the molecule is C/C=C\C=C/C=NC. The zero-order valence-corrected chi connectivity index (χ0v) is 5.33. The Hall–Kier alpha value is -0.850. The highest BCUT2D eigenvalue weighted by Gasteiger charge is 1.55. The molecule has 8 heavy (non-hydrogen) atoms. The molecule has 0 aliphatic carbocycles. The van der Waals surface area contributed by atoms with Gasteiger partial charge in [0.05, 0.1) is 0 Å². The Kier molecular flexibility index (Phi) is 5.50. The molecule has 0 saturated heterocycles. The van der Waals surface area contributed by atoms with Crippen molar-refractivity contribution in [2.45, 2.75) is 6.92 Å². The molecule has 0 aromatic heterocycles. The molecule has 0 spiro atoms. The van der Waals surface area contributed by atoms with Crippen molar-refractivity contribution in [3.8, 4) is 0 Å². The monoisotopic (exact) mass is 109 g/mol. The first-order valence-corrected chi connectivity index (χ1v) is 2.62. The van der Waals surface area contributed by atoms with Crippen LogP contribution in [0.4, 0.5) is 0 Å². The largest absolute Gasteiger partial charge is 0.297 e. The molecule has 44 valence electrons. The van der Waals surface area contributed by atoms with Crippen molar-refractivity contribution in [1.29, 1.82) is 0 Å². The van der Waals surface area contributed by atoms with Gasteiger partial charge >= 0.3 is 0 Å². The molecule has 0 unspecified atom stereocenters. The second-order valence-corrected chi connectivity index (χ2v) is 1.32.